The Kier molecular flexibility index (Phi) is 7.28. The van der Waals surface area contributed by atoms with E-state index in [0.29, 0.717) is 38.2 Å². The number of carbonyl (C=O) groups excluding carboxylic acids is 2. The Hall–Kier alpha value is -3.27. The van der Waals surface area contributed by atoms with Gasteiger partial charge in [0.2, 0.25) is 0 Å². The molecule has 37 heavy (non-hydrogen) atoms. The van der Waals surface area contributed by atoms with Gasteiger partial charge in [-0.15, -0.1) is 0 Å². The minimum absolute atomic E-state index is 0.0921. The number of hydrogen-bond acceptors (Lipinski definition) is 7. The molecule has 0 unspecified atom stereocenters. The van der Waals surface area contributed by atoms with Crippen molar-refractivity contribution in [3.63, 3.8) is 0 Å². The molecule has 0 amide bonds. The summed E-state index contributed by atoms with van der Waals surface area (Å²) in [4.78, 5) is 34.0. The molecule has 0 bridgehead atoms. The molecule has 1 aliphatic rings. The molecule has 0 aliphatic carbocycles. The number of benzene rings is 2. The van der Waals surface area contributed by atoms with Gasteiger partial charge in [-0.1, -0.05) is 47.0 Å². The quantitative estimate of drug-likeness (QED) is 0.208. The predicted octanol–water partition coefficient (Wildman–Crippen LogP) is 5.83. The van der Waals surface area contributed by atoms with Gasteiger partial charge in [0.1, 0.15) is 42.2 Å². The van der Waals surface area contributed by atoms with Crippen LogP contribution in [0.25, 0.3) is 11.0 Å². The van der Waals surface area contributed by atoms with Gasteiger partial charge >= 0.3 is 11.9 Å². The van der Waals surface area contributed by atoms with Crippen LogP contribution in [0.2, 0.25) is 5.15 Å². The van der Waals surface area contributed by atoms with Gasteiger partial charge in [0, 0.05) is 17.1 Å². The minimum atomic E-state index is -0.692. The summed E-state index contributed by atoms with van der Waals surface area (Å²) in [5.74, 6) is -0.961. The molecule has 0 spiro atoms. The van der Waals surface area contributed by atoms with Gasteiger partial charge in [-0.05, 0) is 54.0 Å². The van der Waals surface area contributed by atoms with Crippen LogP contribution in [0.1, 0.15) is 44.5 Å². The van der Waals surface area contributed by atoms with Crippen LogP contribution in [0.15, 0.2) is 65.5 Å². The lowest BCUT2D eigenvalue weighted by atomic mass is 10.1. The first kappa shape index (κ1) is 25.4. The maximum Gasteiger partial charge on any atom is 0.338 e. The Bertz CT molecular complexity index is 1460. The molecule has 8 nitrogen and oxygen atoms in total. The summed E-state index contributed by atoms with van der Waals surface area (Å²) in [5, 5.41) is 0.953. The van der Waals surface area contributed by atoms with E-state index in [1.807, 2.05) is 42.7 Å². The van der Waals surface area contributed by atoms with Crippen LogP contribution >= 0.6 is 27.5 Å². The van der Waals surface area contributed by atoms with E-state index in [1.165, 1.54) is 6.33 Å². The van der Waals surface area contributed by atoms with E-state index in [9.17, 15) is 9.59 Å². The van der Waals surface area contributed by atoms with E-state index in [4.69, 9.17) is 25.8 Å². The smallest absolute Gasteiger partial charge is 0.338 e. The highest BCUT2D eigenvalue weighted by Gasteiger charge is 2.40. The summed E-state index contributed by atoms with van der Waals surface area (Å²) in [6, 6.07) is 14.2. The highest BCUT2D eigenvalue weighted by Crippen LogP contribution is 2.37. The first-order chi connectivity index (χ1) is 17.8. The summed E-state index contributed by atoms with van der Waals surface area (Å²) < 4.78 is 20.2. The zero-order valence-corrected chi connectivity index (χ0v) is 22.4. The molecule has 3 heterocycles. The maximum atomic E-state index is 12.9. The SMILES string of the molecule is Cc1ccc(C(=O)OC[C@@H]2O[C@@H](n3cc(Br)c4c(Cl)ncnc43)C[C@@H]2OC(=O)c2ccc(C)cc2)cc1. The van der Waals surface area contributed by atoms with Crippen LogP contribution in [0, 0.1) is 13.8 Å². The molecule has 0 N–H and O–H groups in total. The van der Waals surface area contributed by atoms with Crippen molar-refractivity contribution in [2.45, 2.75) is 38.7 Å². The average molecular weight is 585 g/mol. The molecule has 190 valence electrons. The third kappa shape index (κ3) is 5.39. The molecular formula is C27H23BrClN3O5. The van der Waals surface area contributed by atoms with Crippen molar-refractivity contribution in [2.75, 3.05) is 6.61 Å². The van der Waals surface area contributed by atoms with Crippen LogP contribution in [-0.4, -0.2) is 45.3 Å². The van der Waals surface area contributed by atoms with Gasteiger partial charge in [0.05, 0.1) is 16.5 Å². The summed E-state index contributed by atoms with van der Waals surface area (Å²) in [6.07, 6.45) is 1.59. The Balaban J connectivity index is 1.38. The van der Waals surface area contributed by atoms with Gasteiger partial charge in [-0.25, -0.2) is 19.6 Å². The third-order valence-electron chi connectivity index (χ3n) is 6.22. The Labute approximate surface area is 226 Å². The van der Waals surface area contributed by atoms with Gasteiger partial charge in [0.15, 0.2) is 0 Å². The zero-order valence-electron chi connectivity index (χ0n) is 20.1. The minimum Gasteiger partial charge on any atom is -0.459 e. The molecule has 5 rings (SSSR count). The van der Waals surface area contributed by atoms with Crippen molar-refractivity contribution < 1.29 is 23.8 Å². The fourth-order valence-electron chi connectivity index (χ4n) is 4.20. The fraction of sp³-hybridized carbons (Fsp3) is 0.259. The van der Waals surface area contributed by atoms with Crippen molar-refractivity contribution in [1.82, 2.24) is 14.5 Å². The Morgan fingerprint density at radius 1 is 1.03 bits per heavy atom. The van der Waals surface area contributed by atoms with Gasteiger partial charge < -0.3 is 18.8 Å². The second kappa shape index (κ2) is 10.6. The number of carbonyl (C=O) groups is 2. The molecule has 3 atom stereocenters. The molecule has 4 aromatic rings. The van der Waals surface area contributed by atoms with Crippen molar-refractivity contribution >= 4 is 50.5 Å². The number of rotatable bonds is 6. The highest BCUT2D eigenvalue weighted by molar-refractivity contribution is 9.10. The number of esters is 2. The summed E-state index contributed by atoms with van der Waals surface area (Å²) in [7, 11) is 0. The van der Waals surface area contributed by atoms with Gasteiger partial charge in [-0.3, -0.25) is 0 Å². The molecule has 1 fully saturated rings. The van der Waals surface area contributed by atoms with Crippen molar-refractivity contribution in [2.24, 2.45) is 0 Å². The van der Waals surface area contributed by atoms with E-state index in [0.717, 1.165) is 11.1 Å². The molecular weight excluding hydrogens is 562 g/mol. The van der Waals surface area contributed by atoms with Crippen LogP contribution in [-0.2, 0) is 14.2 Å². The lowest BCUT2D eigenvalue weighted by Gasteiger charge is -2.19. The average Bonchev–Trinajstić information content (AvgIpc) is 3.44. The second-order valence-electron chi connectivity index (χ2n) is 8.89. The predicted molar refractivity (Wildman–Crippen MR) is 141 cm³/mol. The van der Waals surface area contributed by atoms with Gasteiger partial charge in [-0.2, -0.15) is 0 Å². The molecule has 10 heteroatoms. The van der Waals surface area contributed by atoms with Crippen molar-refractivity contribution in [1.29, 1.82) is 0 Å². The monoisotopic (exact) mass is 583 g/mol. The van der Waals surface area contributed by atoms with E-state index in [-0.39, 0.29) is 6.61 Å². The van der Waals surface area contributed by atoms with E-state index in [1.54, 1.807) is 30.5 Å². The molecule has 1 aliphatic heterocycles. The maximum absolute atomic E-state index is 12.9. The zero-order chi connectivity index (χ0) is 26.1. The lowest BCUT2D eigenvalue weighted by Crippen LogP contribution is -2.32. The third-order valence-corrected chi connectivity index (χ3v) is 7.11. The van der Waals surface area contributed by atoms with Crippen molar-refractivity contribution in [3.8, 4) is 0 Å². The number of hydrogen-bond donors (Lipinski definition) is 0. The van der Waals surface area contributed by atoms with Crippen LogP contribution in [0.3, 0.4) is 0 Å². The van der Waals surface area contributed by atoms with E-state index < -0.39 is 30.4 Å². The standard InChI is InChI=1S/C27H23BrClN3O5/c1-15-3-7-17(8-4-15)26(33)35-13-21-20(37-27(34)18-9-5-16(2)6-10-18)11-22(36-21)32-12-19(28)23-24(29)30-14-31-25(23)32/h3-10,12,14,20-22H,11,13H2,1-2H3/t20-,21-,22+/m0/s1. The second-order valence-corrected chi connectivity index (χ2v) is 10.1. The Morgan fingerprint density at radius 2 is 1.65 bits per heavy atom. The number of ether oxygens (including phenoxy) is 3. The summed E-state index contributed by atoms with van der Waals surface area (Å²) in [5.41, 5.74) is 3.50. The largest absolute Gasteiger partial charge is 0.459 e. The lowest BCUT2D eigenvalue weighted by molar-refractivity contribution is -0.0562. The number of fused-ring (bicyclic) bond motifs is 1. The normalized spacial score (nSPS) is 19.2. The molecule has 1 saturated heterocycles. The highest BCUT2D eigenvalue weighted by atomic mass is 79.9. The topological polar surface area (TPSA) is 92.5 Å². The Morgan fingerprint density at radius 3 is 2.30 bits per heavy atom. The molecule has 2 aromatic carbocycles. The summed E-state index contributed by atoms with van der Waals surface area (Å²) in [6.45, 7) is 3.79. The molecule has 2 aromatic heterocycles. The van der Waals surface area contributed by atoms with E-state index >= 15 is 0 Å². The molecule has 0 saturated carbocycles. The fourth-order valence-corrected chi connectivity index (χ4v) is 5.13. The first-order valence-electron chi connectivity index (χ1n) is 11.6. The first-order valence-corrected chi connectivity index (χ1v) is 12.8. The number of halogens is 2. The van der Waals surface area contributed by atoms with E-state index in [2.05, 4.69) is 25.9 Å². The molecule has 0 radical (unpaired) electrons. The summed E-state index contributed by atoms with van der Waals surface area (Å²) >= 11 is 9.79. The van der Waals surface area contributed by atoms with Crippen LogP contribution in [0.4, 0.5) is 0 Å². The van der Waals surface area contributed by atoms with Gasteiger partial charge in [0.25, 0.3) is 0 Å². The van der Waals surface area contributed by atoms with Crippen LogP contribution < -0.4 is 0 Å². The number of aromatic nitrogens is 3. The van der Waals surface area contributed by atoms with Crippen molar-refractivity contribution in [3.05, 3.63) is 92.9 Å². The number of aryl methyl sites for hydroxylation is 2. The number of nitrogens with zero attached hydrogens (tertiary/aromatic N) is 3. The van der Waals surface area contributed by atoms with Crippen LogP contribution in [0.5, 0.6) is 0 Å².